The first-order valence-corrected chi connectivity index (χ1v) is 10.6. The smallest absolute Gasteiger partial charge is 0.412 e. The van der Waals surface area contributed by atoms with Gasteiger partial charge in [-0.05, 0) is 46.6 Å². The van der Waals surface area contributed by atoms with Crippen LogP contribution in [0, 0.1) is 0 Å². The summed E-state index contributed by atoms with van der Waals surface area (Å²) < 4.78 is 11.5. The van der Waals surface area contributed by atoms with Crippen LogP contribution in [-0.2, 0) is 21.3 Å². The molecule has 164 valence electrons. The van der Waals surface area contributed by atoms with Crippen molar-refractivity contribution in [1.82, 2.24) is 14.9 Å². The van der Waals surface area contributed by atoms with Crippen LogP contribution in [0.5, 0.6) is 0 Å². The second-order valence-corrected chi connectivity index (χ2v) is 10.5. The van der Waals surface area contributed by atoms with E-state index in [0.717, 1.165) is 22.6 Å². The molecule has 0 spiro atoms. The molecule has 1 aliphatic heterocycles. The van der Waals surface area contributed by atoms with E-state index in [-0.39, 0.29) is 17.6 Å². The number of nitrogens with zero attached hydrogens (tertiary/aromatic N) is 2. The Labute approximate surface area is 180 Å². The number of nitrogens with one attached hydrogen (secondary N) is 1. The molecule has 0 saturated carbocycles. The van der Waals surface area contributed by atoms with E-state index in [1.807, 2.05) is 40.8 Å². The van der Waals surface area contributed by atoms with Crippen LogP contribution in [0.15, 0.2) is 30.5 Å². The molecule has 1 atom stereocenters. The van der Waals surface area contributed by atoms with Gasteiger partial charge in [0, 0.05) is 17.2 Å². The van der Waals surface area contributed by atoms with Gasteiger partial charge in [0.15, 0.2) is 0 Å². The summed E-state index contributed by atoms with van der Waals surface area (Å²) in [5.74, 6) is 0.868. The molecule has 1 saturated heterocycles. The van der Waals surface area contributed by atoms with Crippen molar-refractivity contribution in [3.63, 3.8) is 0 Å². The van der Waals surface area contributed by atoms with Crippen LogP contribution >= 0.6 is 0 Å². The van der Waals surface area contributed by atoms with Crippen molar-refractivity contribution in [1.29, 1.82) is 0 Å². The van der Waals surface area contributed by atoms with E-state index in [9.17, 15) is 4.79 Å². The summed E-state index contributed by atoms with van der Waals surface area (Å²) in [5.41, 5.74) is 2.00. The standard InChI is InChI=1S/C24H35N3O3/c1-22(2,3)19-14-25-20(26-19)17-11-9-16(10-12-17)13-18-15-29-24(7,8)27(18)21(28)30-23(4,5)6/h9-12,14,18H,13,15H2,1-8H3,(H,25,26)/t18-/m0/s1. The Balaban J connectivity index is 1.74. The van der Waals surface area contributed by atoms with E-state index in [1.54, 1.807) is 4.90 Å². The lowest BCUT2D eigenvalue weighted by Gasteiger charge is -2.35. The van der Waals surface area contributed by atoms with E-state index in [2.05, 4.69) is 50.0 Å². The molecule has 6 heteroatoms. The third-order valence-corrected chi connectivity index (χ3v) is 5.21. The van der Waals surface area contributed by atoms with Gasteiger partial charge >= 0.3 is 6.09 Å². The number of carbonyl (C=O) groups is 1. The first kappa shape index (κ1) is 22.3. The first-order valence-electron chi connectivity index (χ1n) is 10.6. The van der Waals surface area contributed by atoms with Crippen LogP contribution in [0.4, 0.5) is 4.79 Å². The highest BCUT2D eigenvalue weighted by molar-refractivity contribution is 5.70. The summed E-state index contributed by atoms with van der Waals surface area (Å²) in [6, 6.07) is 8.25. The highest BCUT2D eigenvalue weighted by Gasteiger charge is 2.45. The van der Waals surface area contributed by atoms with E-state index in [4.69, 9.17) is 14.5 Å². The molecule has 0 aliphatic carbocycles. The minimum atomic E-state index is -0.690. The number of rotatable bonds is 3. The van der Waals surface area contributed by atoms with Gasteiger partial charge in [0.25, 0.3) is 0 Å². The second-order valence-electron chi connectivity index (χ2n) is 10.5. The largest absolute Gasteiger partial charge is 0.444 e. The van der Waals surface area contributed by atoms with E-state index < -0.39 is 11.3 Å². The van der Waals surface area contributed by atoms with Crippen molar-refractivity contribution in [2.75, 3.05) is 6.61 Å². The molecule has 2 heterocycles. The summed E-state index contributed by atoms with van der Waals surface area (Å²) >= 11 is 0. The summed E-state index contributed by atoms with van der Waals surface area (Å²) in [6.07, 6.45) is 2.34. The molecule has 1 aliphatic rings. The number of hydrogen-bond donors (Lipinski definition) is 1. The maximum absolute atomic E-state index is 12.8. The zero-order valence-electron chi connectivity index (χ0n) is 19.5. The molecule has 3 rings (SSSR count). The Hall–Kier alpha value is -2.34. The lowest BCUT2D eigenvalue weighted by Crippen LogP contribution is -2.50. The van der Waals surface area contributed by atoms with Gasteiger partial charge in [-0.25, -0.2) is 9.78 Å². The van der Waals surface area contributed by atoms with Crippen molar-refractivity contribution < 1.29 is 14.3 Å². The van der Waals surface area contributed by atoms with E-state index >= 15 is 0 Å². The van der Waals surface area contributed by atoms with Gasteiger partial charge in [-0.2, -0.15) is 0 Å². The Kier molecular flexibility index (Phi) is 5.76. The van der Waals surface area contributed by atoms with Crippen molar-refractivity contribution in [3.8, 4) is 11.4 Å². The average molecular weight is 414 g/mol. The third kappa shape index (κ3) is 5.04. The molecule has 0 radical (unpaired) electrons. The first-order chi connectivity index (χ1) is 13.8. The number of amides is 1. The molecular formula is C24H35N3O3. The highest BCUT2D eigenvalue weighted by Crippen LogP contribution is 2.31. The normalized spacial score (nSPS) is 19.2. The molecule has 1 aromatic heterocycles. The minimum Gasteiger partial charge on any atom is -0.444 e. The van der Waals surface area contributed by atoms with Crippen LogP contribution in [0.2, 0.25) is 0 Å². The number of aromatic nitrogens is 2. The Bertz CT molecular complexity index is 886. The highest BCUT2D eigenvalue weighted by atomic mass is 16.6. The fourth-order valence-corrected chi connectivity index (χ4v) is 3.64. The number of aromatic amines is 1. The van der Waals surface area contributed by atoms with E-state index in [0.29, 0.717) is 13.0 Å². The molecule has 6 nitrogen and oxygen atoms in total. The van der Waals surface area contributed by atoms with Crippen LogP contribution in [0.25, 0.3) is 11.4 Å². The molecule has 1 aromatic carbocycles. The number of H-pyrrole nitrogens is 1. The van der Waals surface area contributed by atoms with Crippen LogP contribution in [-0.4, -0.2) is 44.9 Å². The Morgan fingerprint density at radius 2 is 1.83 bits per heavy atom. The van der Waals surface area contributed by atoms with Crippen LogP contribution in [0.3, 0.4) is 0 Å². The molecular weight excluding hydrogens is 378 g/mol. The number of imidazole rings is 1. The van der Waals surface area contributed by atoms with Gasteiger partial charge in [-0.15, -0.1) is 0 Å². The minimum absolute atomic E-state index is 0.00902. The molecule has 2 aromatic rings. The molecule has 1 amide bonds. The van der Waals surface area contributed by atoms with Crippen molar-refractivity contribution in [3.05, 3.63) is 41.7 Å². The van der Waals surface area contributed by atoms with Crippen LogP contribution in [0.1, 0.15) is 66.6 Å². The van der Waals surface area contributed by atoms with Gasteiger partial charge in [0.05, 0.1) is 18.3 Å². The van der Waals surface area contributed by atoms with Gasteiger partial charge in [0.2, 0.25) is 0 Å². The SMILES string of the molecule is CC(C)(C)OC(=O)N1[C@@H](Cc2ccc(-c3nc(C(C)(C)C)c[nH]3)cc2)COC1(C)C. The zero-order valence-corrected chi connectivity index (χ0v) is 19.5. The zero-order chi connectivity index (χ0) is 22.3. The quantitative estimate of drug-likeness (QED) is 0.742. The molecule has 1 N–H and O–H groups in total. The molecule has 0 bridgehead atoms. The summed E-state index contributed by atoms with van der Waals surface area (Å²) in [5, 5.41) is 0. The fraction of sp³-hybridized carbons (Fsp3) is 0.583. The van der Waals surface area contributed by atoms with Gasteiger partial charge in [-0.3, -0.25) is 4.90 Å². The number of benzene rings is 1. The second kappa shape index (κ2) is 7.73. The van der Waals surface area contributed by atoms with Crippen molar-refractivity contribution >= 4 is 6.09 Å². The monoisotopic (exact) mass is 413 g/mol. The van der Waals surface area contributed by atoms with Crippen molar-refractivity contribution in [2.45, 2.75) is 84.6 Å². The molecule has 1 fully saturated rings. The predicted molar refractivity (Wildman–Crippen MR) is 118 cm³/mol. The number of carbonyl (C=O) groups excluding carboxylic acids is 1. The lowest BCUT2D eigenvalue weighted by molar-refractivity contribution is -0.0624. The number of ether oxygens (including phenoxy) is 2. The maximum Gasteiger partial charge on any atom is 0.412 e. The average Bonchev–Trinajstić information content (AvgIpc) is 3.19. The lowest BCUT2D eigenvalue weighted by atomic mass is 9.93. The maximum atomic E-state index is 12.8. The Morgan fingerprint density at radius 3 is 2.37 bits per heavy atom. The third-order valence-electron chi connectivity index (χ3n) is 5.21. The predicted octanol–water partition coefficient (Wildman–Crippen LogP) is 5.29. The summed E-state index contributed by atoms with van der Waals surface area (Å²) in [4.78, 5) is 22.5. The summed E-state index contributed by atoms with van der Waals surface area (Å²) in [6.45, 7) is 16.4. The number of hydrogen-bond acceptors (Lipinski definition) is 4. The van der Waals surface area contributed by atoms with Gasteiger partial charge in [-0.1, -0.05) is 45.0 Å². The summed E-state index contributed by atoms with van der Waals surface area (Å²) in [7, 11) is 0. The topological polar surface area (TPSA) is 67.5 Å². The van der Waals surface area contributed by atoms with Crippen LogP contribution < -0.4 is 0 Å². The van der Waals surface area contributed by atoms with Gasteiger partial charge in [0.1, 0.15) is 17.2 Å². The van der Waals surface area contributed by atoms with Gasteiger partial charge < -0.3 is 14.5 Å². The molecule has 30 heavy (non-hydrogen) atoms. The fourth-order valence-electron chi connectivity index (χ4n) is 3.64. The Morgan fingerprint density at radius 1 is 1.20 bits per heavy atom. The molecule has 0 unspecified atom stereocenters. The van der Waals surface area contributed by atoms with E-state index in [1.165, 1.54) is 0 Å². The van der Waals surface area contributed by atoms with Crippen molar-refractivity contribution in [2.24, 2.45) is 0 Å².